The molecule has 2 aliphatic rings. The van der Waals surface area contributed by atoms with Crippen LogP contribution in [0.15, 0.2) is 35.1 Å². The Morgan fingerprint density at radius 2 is 2.07 bits per heavy atom. The summed E-state index contributed by atoms with van der Waals surface area (Å²) in [5.41, 5.74) is 0.555. The number of hydrogen-bond donors (Lipinski definition) is 0. The van der Waals surface area contributed by atoms with E-state index in [9.17, 15) is 9.59 Å². The lowest BCUT2D eigenvalue weighted by molar-refractivity contribution is 0.0358. The number of methoxy groups -OCH3 is 1. The number of piperazine rings is 1. The molecule has 2 saturated heterocycles. The van der Waals surface area contributed by atoms with E-state index in [0.717, 1.165) is 11.3 Å². The number of fused-ring (bicyclic) bond motifs is 1. The van der Waals surface area contributed by atoms with E-state index in [1.807, 2.05) is 19.1 Å². The maximum absolute atomic E-state index is 13.1. The predicted molar refractivity (Wildman–Crippen MR) is 95.5 cm³/mol. The Balaban J connectivity index is 1.59. The number of cyclic esters (lactones) is 1. The van der Waals surface area contributed by atoms with E-state index in [1.165, 1.54) is 6.39 Å². The van der Waals surface area contributed by atoms with Crippen LogP contribution in [0, 0.1) is 0 Å². The summed E-state index contributed by atoms with van der Waals surface area (Å²) in [6, 6.07) is 7.26. The Bertz CT molecular complexity index is 862. The van der Waals surface area contributed by atoms with Gasteiger partial charge >= 0.3 is 6.09 Å². The van der Waals surface area contributed by atoms with E-state index in [0.29, 0.717) is 38.4 Å². The van der Waals surface area contributed by atoms with Gasteiger partial charge < -0.3 is 18.8 Å². The maximum Gasteiger partial charge on any atom is 0.410 e. The summed E-state index contributed by atoms with van der Waals surface area (Å²) in [7, 11) is 1.60. The lowest BCUT2D eigenvalue weighted by atomic mass is 9.92. The number of carbonyl (C=O) groups is 2. The molecule has 2 amide bonds. The number of amides is 2. The van der Waals surface area contributed by atoms with E-state index in [2.05, 4.69) is 4.98 Å². The average Bonchev–Trinajstić information content (AvgIpc) is 3.33. The second-order valence-electron chi connectivity index (χ2n) is 6.77. The molecule has 1 aromatic carbocycles. The van der Waals surface area contributed by atoms with Crippen LogP contribution >= 0.6 is 0 Å². The first kappa shape index (κ1) is 17.4. The highest BCUT2D eigenvalue weighted by Crippen LogP contribution is 2.33. The van der Waals surface area contributed by atoms with Gasteiger partial charge in [-0.3, -0.25) is 9.69 Å². The van der Waals surface area contributed by atoms with E-state index < -0.39 is 5.54 Å². The van der Waals surface area contributed by atoms with Gasteiger partial charge in [0.1, 0.15) is 12.4 Å². The number of nitrogens with zero attached hydrogens (tertiary/aromatic N) is 3. The molecule has 0 spiro atoms. The van der Waals surface area contributed by atoms with Gasteiger partial charge in [-0.15, -0.1) is 0 Å². The van der Waals surface area contributed by atoms with Gasteiger partial charge in [0.15, 0.2) is 17.8 Å². The van der Waals surface area contributed by atoms with Gasteiger partial charge in [-0.25, -0.2) is 9.78 Å². The van der Waals surface area contributed by atoms with Gasteiger partial charge in [-0.2, -0.15) is 0 Å². The van der Waals surface area contributed by atoms with E-state index in [4.69, 9.17) is 13.9 Å². The van der Waals surface area contributed by atoms with Gasteiger partial charge in [0.25, 0.3) is 5.91 Å². The van der Waals surface area contributed by atoms with Gasteiger partial charge in [-0.1, -0.05) is 6.92 Å². The SMILES string of the molecule is CCC12COC(=O)N1CCN(C(=O)c1ncoc1-c1ccc(OC)cc1)C2. The van der Waals surface area contributed by atoms with Crippen LogP contribution in [0.2, 0.25) is 0 Å². The van der Waals surface area contributed by atoms with Crippen molar-refractivity contribution in [3.8, 4) is 17.1 Å². The molecule has 1 unspecified atom stereocenters. The summed E-state index contributed by atoms with van der Waals surface area (Å²) in [6.07, 6.45) is 1.69. The van der Waals surface area contributed by atoms with E-state index in [-0.39, 0.29) is 17.7 Å². The van der Waals surface area contributed by atoms with E-state index >= 15 is 0 Å². The molecular weight excluding hydrogens is 350 g/mol. The van der Waals surface area contributed by atoms with Crippen LogP contribution < -0.4 is 4.74 Å². The summed E-state index contributed by atoms with van der Waals surface area (Å²) >= 11 is 0. The zero-order chi connectivity index (χ0) is 19.0. The highest BCUT2D eigenvalue weighted by molar-refractivity contribution is 5.98. The molecule has 1 atom stereocenters. The molecule has 0 saturated carbocycles. The monoisotopic (exact) mass is 371 g/mol. The largest absolute Gasteiger partial charge is 0.497 e. The molecule has 1 aromatic heterocycles. The number of hydrogen-bond acceptors (Lipinski definition) is 6. The van der Waals surface area contributed by atoms with Crippen molar-refractivity contribution in [1.82, 2.24) is 14.8 Å². The van der Waals surface area contributed by atoms with Crippen LogP contribution in [0.5, 0.6) is 5.75 Å². The van der Waals surface area contributed by atoms with Crippen molar-refractivity contribution in [1.29, 1.82) is 0 Å². The molecule has 8 heteroatoms. The third-order valence-corrected chi connectivity index (χ3v) is 5.40. The molecule has 4 rings (SSSR count). The summed E-state index contributed by atoms with van der Waals surface area (Å²) in [6.45, 7) is 3.61. The molecule has 142 valence electrons. The number of aromatic nitrogens is 1. The number of benzene rings is 1. The summed E-state index contributed by atoms with van der Waals surface area (Å²) in [5.74, 6) is 0.939. The maximum atomic E-state index is 13.1. The Kier molecular flexibility index (Phi) is 4.25. The fraction of sp³-hybridized carbons (Fsp3) is 0.421. The fourth-order valence-electron chi connectivity index (χ4n) is 3.73. The minimum atomic E-state index is -0.463. The normalized spacial score (nSPS) is 21.8. The summed E-state index contributed by atoms with van der Waals surface area (Å²) < 4.78 is 15.9. The van der Waals surface area contributed by atoms with Crippen LogP contribution in [0.4, 0.5) is 4.79 Å². The van der Waals surface area contributed by atoms with Crippen LogP contribution in [0.3, 0.4) is 0 Å². The lowest BCUT2D eigenvalue weighted by Gasteiger charge is -2.44. The van der Waals surface area contributed by atoms with Crippen molar-refractivity contribution >= 4 is 12.0 Å². The first-order valence-electron chi connectivity index (χ1n) is 8.89. The van der Waals surface area contributed by atoms with Crippen molar-refractivity contribution < 1.29 is 23.5 Å². The van der Waals surface area contributed by atoms with Gasteiger partial charge in [0, 0.05) is 25.2 Å². The first-order chi connectivity index (χ1) is 13.1. The Morgan fingerprint density at radius 3 is 2.78 bits per heavy atom. The molecule has 0 radical (unpaired) electrons. The third kappa shape index (κ3) is 2.81. The van der Waals surface area contributed by atoms with Crippen molar-refractivity contribution in [3.05, 3.63) is 36.4 Å². The molecule has 0 aliphatic carbocycles. The predicted octanol–water partition coefficient (Wildman–Crippen LogP) is 2.41. The topological polar surface area (TPSA) is 85.1 Å². The molecule has 3 heterocycles. The molecule has 2 aliphatic heterocycles. The second-order valence-corrected chi connectivity index (χ2v) is 6.77. The van der Waals surface area contributed by atoms with Crippen LogP contribution in [0.1, 0.15) is 23.8 Å². The van der Waals surface area contributed by atoms with Crippen LogP contribution in [-0.2, 0) is 4.74 Å². The zero-order valence-corrected chi connectivity index (χ0v) is 15.3. The molecular formula is C19H21N3O5. The lowest BCUT2D eigenvalue weighted by Crippen LogP contribution is -2.62. The summed E-state index contributed by atoms with van der Waals surface area (Å²) in [5, 5.41) is 0. The van der Waals surface area contributed by atoms with Crippen molar-refractivity contribution in [2.75, 3.05) is 33.4 Å². The molecule has 8 nitrogen and oxygen atoms in total. The van der Waals surface area contributed by atoms with E-state index in [1.54, 1.807) is 29.0 Å². The van der Waals surface area contributed by atoms with Crippen LogP contribution in [0.25, 0.3) is 11.3 Å². The summed E-state index contributed by atoms with van der Waals surface area (Å²) in [4.78, 5) is 32.7. The molecule has 2 fully saturated rings. The number of oxazole rings is 1. The second kappa shape index (κ2) is 6.61. The minimum Gasteiger partial charge on any atom is -0.497 e. The highest BCUT2D eigenvalue weighted by atomic mass is 16.6. The number of carbonyl (C=O) groups excluding carboxylic acids is 2. The highest BCUT2D eigenvalue weighted by Gasteiger charge is 2.50. The molecule has 0 bridgehead atoms. The van der Waals surface area contributed by atoms with Gasteiger partial charge in [-0.05, 0) is 30.7 Å². The molecule has 27 heavy (non-hydrogen) atoms. The number of ether oxygens (including phenoxy) is 2. The Hall–Kier alpha value is -3.03. The van der Waals surface area contributed by atoms with Crippen molar-refractivity contribution in [2.45, 2.75) is 18.9 Å². The fourth-order valence-corrected chi connectivity index (χ4v) is 3.73. The van der Waals surface area contributed by atoms with Crippen molar-refractivity contribution in [2.24, 2.45) is 0 Å². The third-order valence-electron chi connectivity index (χ3n) is 5.40. The standard InChI is InChI=1S/C19H21N3O5/c1-3-19-10-21(8-9-22(19)18(24)26-11-19)17(23)15-16(27-12-20-15)13-4-6-14(25-2)7-5-13/h4-7,12H,3,8-11H2,1-2H3. The Morgan fingerprint density at radius 1 is 1.30 bits per heavy atom. The smallest absolute Gasteiger partial charge is 0.410 e. The van der Waals surface area contributed by atoms with Crippen molar-refractivity contribution in [3.63, 3.8) is 0 Å². The van der Waals surface area contributed by atoms with Gasteiger partial charge in [0.2, 0.25) is 0 Å². The quantitative estimate of drug-likeness (QED) is 0.820. The average molecular weight is 371 g/mol. The van der Waals surface area contributed by atoms with Crippen LogP contribution in [-0.4, -0.2) is 65.7 Å². The molecule has 2 aromatic rings. The minimum absolute atomic E-state index is 0.207. The zero-order valence-electron chi connectivity index (χ0n) is 15.3. The molecule has 0 N–H and O–H groups in total. The number of rotatable bonds is 4. The Labute approximate surface area is 156 Å². The first-order valence-corrected chi connectivity index (χ1v) is 8.89. The van der Waals surface area contributed by atoms with Gasteiger partial charge in [0.05, 0.1) is 12.6 Å².